The standard InChI is InChI=1S/C11H24N2O/c1-9(2)11(4,5)8-12-6-7-13-10(3)14/h9,12H,6-8H2,1-5H3,(H,13,14). The lowest BCUT2D eigenvalue weighted by atomic mass is 9.81. The molecular formula is C11H24N2O. The maximum Gasteiger partial charge on any atom is 0.216 e. The van der Waals surface area contributed by atoms with Crippen molar-refractivity contribution in [1.82, 2.24) is 10.6 Å². The lowest BCUT2D eigenvalue weighted by Gasteiger charge is -2.29. The summed E-state index contributed by atoms with van der Waals surface area (Å²) in [7, 11) is 0. The Hall–Kier alpha value is -0.570. The van der Waals surface area contributed by atoms with Gasteiger partial charge >= 0.3 is 0 Å². The van der Waals surface area contributed by atoms with Crippen LogP contribution < -0.4 is 10.6 Å². The van der Waals surface area contributed by atoms with Crippen molar-refractivity contribution in [3.05, 3.63) is 0 Å². The third kappa shape index (κ3) is 5.97. The van der Waals surface area contributed by atoms with Gasteiger partial charge in [-0.1, -0.05) is 27.7 Å². The molecule has 0 saturated carbocycles. The number of amides is 1. The van der Waals surface area contributed by atoms with E-state index in [4.69, 9.17) is 0 Å². The Morgan fingerprint density at radius 3 is 2.29 bits per heavy atom. The Balaban J connectivity index is 3.49. The maximum absolute atomic E-state index is 10.6. The van der Waals surface area contributed by atoms with Crippen LogP contribution in [0.4, 0.5) is 0 Å². The summed E-state index contributed by atoms with van der Waals surface area (Å²) in [6, 6.07) is 0. The molecule has 0 aromatic heterocycles. The summed E-state index contributed by atoms with van der Waals surface area (Å²) in [6.07, 6.45) is 0. The highest BCUT2D eigenvalue weighted by Crippen LogP contribution is 2.24. The molecule has 0 aliphatic rings. The van der Waals surface area contributed by atoms with Crippen molar-refractivity contribution in [3.63, 3.8) is 0 Å². The lowest BCUT2D eigenvalue weighted by molar-refractivity contribution is -0.118. The maximum atomic E-state index is 10.6. The van der Waals surface area contributed by atoms with Gasteiger partial charge in [0.2, 0.25) is 5.91 Å². The van der Waals surface area contributed by atoms with Crippen LogP contribution in [0.3, 0.4) is 0 Å². The topological polar surface area (TPSA) is 41.1 Å². The average Bonchev–Trinajstić information content (AvgIpc) is 2.02. The highest BCUT2D eigenvalue weighted by Gasteiger charge is 2.21. The van der Waals surface area contributed by atoms with Crippen molar-refractivity contribution >= 4 is 5.91 Å². The molecule has 0 saturated heterocycles. The zero-order chi connectivity index (χ0) is 11.2. The van der Waals surface area contributed by atoms with Crippen LogP contribution in [0.15, 0.2) is 0 Å². The fourth-order valence-corrected chi connectivity index (χ4v) is 0.942. The Bertz CT molecular complexity index is 176. The molecule has 0 unspecified atom stereocenters. The summed E-state index contributed by atoms with van der Waals surface area (Å²) in [4.78, 5) is 10.6. The van der Waals surface area contributed by atoms with Gasteiger partial charge in [-0.05, 0) is 11.3 Å². The fourth-order valence-electron chi connectivity index (χ4n) is 0.942. The molecule has 2 N–H and O–H groups in total. The Morgan fingerprint density at radius 2 is 1.86 bits per heavy atom. The summed E-state index contributed by atoms with van der Waals surface area (Å²) in [5, 5.41) is 6.11. The van der Waals surface area contributed by atoms with E-state index in [0.29, 0.717) is 17.9 Å². The first-order valence-electron chi connectivity index (χ1n) is 5.31. The van der Waals surface area contributed by atoms with Crippen molar-refractivity contribution in [3.8, 4) is 0 Å². The molecule has 0 rings (SSSR count). The van der Waals surface area contributed by atoms with Gasteiger partial charge in [0.05, 0.1) is 0 Å². The zero-order valence-electron chi connectivity index (χ0n) is 10.1. The van der Waals surface area contributed by atoms with Crippen molar-refractivity contribution in [2.24, 2.45) is 11.3 Å². The predicted octanol–water partition coefficient (Wildman–Crippen LogP) is 1.39. The van der Waals surface area contributed by atoms with Crippen LogP contribution >= 0.6 is 0 Å². The van der Waals surface area contributed by atoms with Crippen LogP contribution in [0.1, 0.15) is 34.6 Å². The van der Waals surface area contributed by atoms with E-state index in [1.54, 1.807) is 0 Å². The van der Waals surface area contributed by atoms with Crippen molar-refractivity contribution in [2.75, 3.05) is 19.6 Å². The summed E-state index contributed by atoms with van der Waals surface area (Å²) < 4.78 is 0. The average molecular weight is 200 g/mol. The first-order valence-corrected chi connectivity index (χ1v) is 5.31. The van der Waals surface area contributed by atoms with E-state index in [0.717, 1.165) is 13.1 Å². The minimum absolute atomic E-state index is 0.0370. The van der Waals surface area contributed by atoms with E-state index >= 15 is 0 Å². The molecular weight excluding hydrogens is 176 g/mol. The summed E-state index contributed by atoms with van der Waals surface area (Å²) in [5.41, 5.74) is 0.316. The highest BCUT2D eigenvalue weighted by atomic mass is 16.1. The van der Waals surface area contributed by atoms with Gasteiger partial charge in [-0.25, -0.2) is 0 Å². The number of carbonyl (C=O) groups excluding carboxylic acids is 1. The summed E-state index contributed by atoms with van der Waals surface area (Å²) >= 11 is 0. The molecule has 0 radical (unpaired) electrons. The van der Waals surface area contributed by atoms with Crippen molar-refractivity contribution in [2.45, 2.75) is 34.6 Å². The molecule has 84 valence electrons. The molecule has 1 amide bonds. The molecule has 0 aliphatic carbocycles. The van der Waals surface area contributed by atoms with Crippen LogP contribution in [0, 0.1) is 11.3 Å². The Labute approximate surface area is 87.6 Å². The van der Waals surface area contributed by atoms with Gasteiger partial charge in [-0.15, -0.1) is 0 Å². The molecule has 0 aromatic rings. The Morgan fingerprint density at radius 1 is 1.29 bits per heavy atom. The number of carbonyl (C=O) groups is 1. The summed E-state index contributed by atoms with van der Waals surface area (Å²) in [6.45, 7) is 13.1. The van der Waals surface area contributed by atoms with E-state index in [9.17, 15) is 4.79 Å². The van der Waals surface area contributed by atoms with E-state index < -0.39 is 0 Å². The molecule has 3 heteroatoms. The second-order valence-corrected chi connectivity index (χ2v) is 4.80. The molecule has 0 aromatic carbocycles. The number of rotatable bonds is 6. The molecule has 0 aliphatic heterocycles. The highest BCUT2D eigenvalue weighted by molar-refractivity contribution is 5.72. The minimum Gasteiger partial charge on any atom is -0.355 e. The quantitative estimate of drug-likeness (QED) is 0.636. The van der Waals surface area contributed by atoms with Crippen molar-refractivity contribution in [1.29, 1.82) is 0 Å². The van der Waals surface area contributed by atoms with E-state index in [2.05, 4.69) is 38.3 Å². The van der Waals surface area contributed by atoms with Gasteiger partial charge in [-0.2, -0.15) is 0 Å². The monoisotopic (exact) mass is 200 g/mol. The Kier molecular flexibility index (Phi) is 5.77. The normalized spacial score (nSPS) is 11.9. The molecule has 0 fully saturated rings. The second-order valence-electron chi connectivity index (χ2n) is 4.80. The van der Waals surface area contributed by atoms with Gasteiger partial charge in [0, 0.05) is 26.6 Å². The smallest absolute Gasteiger partial charge is 0.216 e. The van der Waals surface area contributed by atoms with Gasteiger partial charge in [0.15, 0.2) is 0 Å². The van der Waals surface area contributed by atoms with Gasteiger partial charge in [0.25, 0.3) is 0 Å². The number of hydrogen-bond acceptors (Lipinski definition) is 2. The molecule has 0 atom stereocenters. The van der Waals surface area contributed by atoms with Crippen molar-refractivity contribution < 1.29 is 4.79 Å². The van der Waals surface area contributed by atoms with Crippen LogP contribution in [-0.4, -0.2) is 25.5 Å². The van der Waals surface area contributed by atoms with E-state index in [-0.39, 0.29) is 5.91 Å². The van der Waals surface area contributed by atoms with Crippen LogP contribution in [0.2, 0.25) is 0 Å². The van der Waals surface area contributed by atoms with Gasteiger partial charge < -0.3 is 10.6 Å². The predicted molar refractivity (Wildman–Crippen MR) is 60.2 cm³/mol. The van der Waals surface area contributed by atoms with Gasteiger partial charge in [-0.3, -0.25) is 4.79 Å². The van der Waals surface area contributed by atoms with Crippen LogP contribution in [-0.2, 0) is 4.79 Å². The van der Waals surface area contributed by atoms with Crippen LogP contribution in [0.5, 0.6) is 0 Å². The zero-order valence-corrected chi connectivity index (χ0v) is 10.1. The fraction of sp³-hybridized carbons (Fsp3) is 0.909. The number of hydrogen-bond donors (Lipinski definition) is 2. The molecule has 0 heterocycles. The van der Waals surface area contributed by atoms with Crippen LogP contribution in [0.25, 0.3) is 0 Å². The number of nitrogens with one attached hydrogen (secondary N) is 2. The minimum atomic E-state index is 0.0370. The molecule has 0 spiro atoms. The van der Waals surface area contributed by atoms with E-state index in [1.807, 2.05) is 0 Å². The first-order chi connectivity index (χ1) is 6.36. The molecule has 0 bridgehead atoms. The molecule has 3 nitrogen and oxygen atoms in total. The van der Waals surface area contributed by atoms with E-state index in [1.165, 1.54) is 6.92 Å². The third-order valence-corrected chi connectivity index (χ3v) is 2.82. The third-order valence-electron chi connectivity index (χ3n) is 2.82. The largest absolute Gasteiger partial charge is 0.355 e. The SMILES string of the molecule is CC(=O)NCCNCC(C)(C)C(C)C. The lowest BCUT2D eigenvalue weighted by Crippen LogP contribution is -2.37. The van der Waals surface area contributed by atoms with Gasteiger partial charge in [0.1, 0.15) is 0 Å². The summed E-state index contributed by atoms with van der Waals surface area (Å²) in [5.74, 6) is 0.700. The molecule has 14 heavy (non-hydrogen) atoms. The second kappa shape index (κ2) is 6.02. The first kappa shape index (κ1) is 13.4.